The van der Waals surface area contributed by atoms with E-state index >= 15 is 0 Å². The van der Waals surface area contributed by atoms with E-state index in [1.165, 1.54) is 0 Å². The van der Waals surface area contributed by atoms with Gasteiger partial charge in [-0.05, 0) is 62.6 Å². The normalized spacial score (nSPS) is 11.5. The van der Waals surface area contributed by atoms with Crippen LogP contribution in [0.3, 0.4) is 0 Å². The van der Waals surface area contributed by atoms with Gasteiger partial charge in [-0.25, -0.2) is 0 Å². The summed E-state index contributed by atoms with van der Waals surface area (Å²) in [4.78, 5) is 24.6. The molecule has 0 aliphatic rings. The van der Waals surface area contributed by atoms with Crippen LogP contribution in [-0.2, 0) is 4.79 Å². The second-order valence-electron chi connectivity index (χ2n) is 6.49. The zero-order valence-electron chi connectivity index (χ0n) is 15.8. The third-order valence-electron chi connectivity index (χ3n) is 4.00. The van der Waals surface area contributed by atoms with Gasteiger partial charge in [0.1, 0.15) is 5.75 Å². The lowest BCUT2D eigenvalue weighted by Gasteiger charge is -2.15. The van der Waals surface area contributed by atoms with E-state index in [4.69, 9.17) is 4.74 Å². The molecule has 1 atom stereocenters. The maximum atomic E-state index is 12.4. The van der Waals surface area contributed by atoms with Crippen molar-refractivity contribution in [2.24, 2.45) is 0 Å². The fourth-order valence-electron chi connectivity index (χ4n) is 2.55. The average Bonchev–Trinajstić information content (AvgIpc) is 2.59. The Hall–Kier alpha value is -2.82. The fraction of sp³-hybridized carbons (Fsp3) is 0.333. The van der Waals surface area contributed by atoms with Crippen molar-refractivity contribution < 1.29 is 14.3 Å². The van der Waals surface area contributed by atoms with Gasteiger partial charge in [0.25, 0.3) is 11.8 Å². The molecule has 0 saturated carbocycles. The number of hydrogen-bond donors (Lipinski definition) is 2. The summed E-state index contributed by atoms with van der Waals surface area (Å²) in [6, 6.07) is 12.8. The molecule has 0 heterocycles. The molecule has 2 aromatic rings. The van der Waals surface area contributed by atoms with Gasteiger partial charge in [-0.3, -0.25) is 9.59 Å². The summed E-state index contributed by atoms with van der Waals surface area (Å²) >= 11 is 0. The summed E-state index contributed by atoms with van der Waals surface area (Å²) in [5.41, 5.74) is 3.06. The topological polar surface area (TPSA) is 67.4 Å². The van der Waals surface area contributed by atoms with Crippen LogP contribution in [0.25, 0.3) is 0 Å². The summed E-state index contributed by atoms with van der Waals surface area (Å²) in [5.74, 6) is 0.138. The van der Waals surface area contributed by atoms with Crippen molar-refractivity contribution in [3.63, 3.8) is 0 Å². The quantitative estimate of drug-likeness (QED) is 0.794. The van der Waals surface area contributed by atoms with Gasteiger partial charge in [-0.2, -0.15) is 0 Å². The largest absolute Gasteiger partial charge is 0.484 e. The molecule has 5 nitrogen and oxygen atoms in total. The van der Waals surface area contributed by atoms with Gasteiger partial charge in [-0.15, -0.1) is 0 Å². The number of para-hydroxylation sites is 1. The van der Waals surface area contributed by atoms with Gasteiger partial charge in [-0.1, -0.05) is 25.1 Å². The molecule has 2 aromatic carbocycles. The highest BCUT2D eigenvalue weighted by Crippen LogP contribution is 2.17. The molecule has 0 saturated heterocycles. The molecule has 2 rings (SSSR count). The summed E-state index contributed by atoms with van der Waals surface area (Å²) < 4.78 is 5.57. The molecule has 0 fully saturated rings. The van der Waals surface area contributed by atoms with Crippen LogP contribution in [-0.4, -0.2) is 24.5 Å². The third kappa shape index (κ3) is 5.62. The molecule has 0 aliphatic carbocycles. The van der Waals surface area contributed by atoms with Crippen molar-refractivity contribution in [1.29, 1.82) is 0 Å². The number of benzene rings is 2. The molecular weight excluding hydrogens is 328 g/mol. The van der Waals surface area contributed by atoms with Gasteiger partial charge in [0, 0.05) is 6.04 Å². The zero-order chi connectivity index (χ0) is 19.1. The minimum atomic E-state index is -0.312. The monoisotopic (exact) mass is 354 g/mol. The van der Waals surface area contributed by atoms with Crippen molar-refractivity contribution in [3.05, 3.63) is 59.2 Å². The SMILES string of the molecule is CC[C@H](C)NC(=O)c1ccccc1NC(=O)COc1cc(C)cc(C)c1. The van der Waals surface area contributed by atoms with E-state index in [0.29, 0.717) is 17.0 Å². The molecule has 0 unspecified atom stereocenters. The van der Waals surface area contributed by atoms with E-state index in [9.17, 15) is 9.59 Å². The average molecular weight is 354 g/mol. The summed E-state index contributed by atoms with van der Waals surface area (Å²) in [6.45, 7) is 7.78. The van der Waals surface area contributed by atoms with Crippen LogP contribution in [0.5, 0.6) is 5.75 Å². The van der Waals surface area contributed by atoms with Crippen LogP contribution in [0.1, 0.15) is 41.8 Å². The van der Waals surface area contributed by atoms with Crippen LogP contribution in [0.2, 0.25) is 0 Å². The van der Waals surface area contributed by atoms with E-state index in [0.717, 1.165) is 17.5 Å². The van der Waals surface area contributed by atoms with Crippen molar-refractivity contribution in [2.75, 3.05) is 11.9 Å². The van der Waals surface area contributed by atoms with Gasteiger partial charge in [0.15, 0.2) is 6.61 Å². The summed E-state index contributed by atoms with van der Waals surface area (Å²) in [7, 11) is 0. The molecule has 0 aromatic heterocycles. The summed E-state index contributed by atoms with van der Waals surface area (Å²) in [5, 5.41) is 5.67. The highest BCUT2D eigenvalue weighted by Gasteiger charge is 2.14. The van der Waals surface area contributed by atoms with Gasteiger partial charge in [0.05, 0.1) is 11.3 Å². The first kappa shape index (κ1) is 19.5. The van der Waals surface area contributed by atoms with Crippen LogP contribution in [0.15, 0.2) is 42.5 Å². The summed E-state index contributed by atoms with van der Waals surface area (Å²) in [6.07, 6.45) is 0.837. The van der Waals surface area contributed by atoms with E-state index in [1.807, 2.05) is 45.9 Å². The number of carbonyl (C=O) groups is 2. The second-order valence-corrected chi connectivity index (χ2v) is 6.49. The van der Waals surface area contributed by atoms with Crippen molar-refractivity contribution >= 4 is 17.5 Å². The second kappa shape index (κ2) is 9.04. The Morgan fingerprint density at radius 1 is 1.08 bits per heavy atom. The highest BCUT2D eigenvalue weighted by molar-refractivity contribution is 6.04. The lowest BCUT2D eigenvalue weighted by Crippen LogP contribution is -2.33. The molecule has 138 valence electrons. The molecule has 26 heavy (non-hydrogen) atoms. The van der Waals surface area contributed by atoms with Crippen LogP contribution in [0.4, 0.5) is 5.69 Å². The van der Waals surface area contributed by atoms with E-state index in [2.05, 4.69) is 10.6 Å². The van der Waals surface area contributed by atoms with E-state index in [-0.39, 0.29) is 24.5 Å². The van der Waals surface area contributed by atoms with Crippen molar-refractivity contribution in [3.8, 4) is 5.75 Å². The predicted molar refractivity (Wildman–Crippen MR) is 104 cm³/mol. The first-order chi connectivity index (χ1) is 12.4. The molecular formula is C21H26N2O3. The molecule has 0 aliphatic heterocycles. The number of hydrogen-bond acceptors (Lipinski definition) is 3. The molecule has 0 radical (unpaired) electrons. The fourth-order valence-corrected chi connectivity index (χ4v) is 2.55. The number of rotatable bonds is 7. The Kier molecular flexibility index (Phi) is 6.78. The maximum absolute atomic E-state index is 12.4. The van der Waals surface area contributed by atoms with Crippen LogP contribution in [0, 0.1) is 13.8 Å². The lowest BCUT2D eigenvalue weighted by molar-refractivity contribution is -0.118. The Labute approximate surface area is 154 Å². The Balaban J connectivity index is 2.01. The maximum Gasteiger partial charge on any atom is 0.262 e. The Morgan fingerprint density at radius 2 is 1.73 bits per heavy atom. The minimum absolute atomic E-state index is 0.0687. The van der Waals surface area contributed by atoms with Gasteiger partial charge >= 0.3 is 0 Å². The van der Waals surface area contributed by atoms with Gasteiger partial charge in [0.2, 0.25) is 0 Å². The number of aryl methyl sites for hydroxylation is 2. The molecule has 0 spiro atoms. The number of ether oxygens (including phenoxy) is 1. The number of anilines is 1. The number of nitrogens with one attached hydrogen (secondary N) is 2. The standard InChI is InChI=1S/C21H26N2O3/c1-5-16(4)22-21(25)18-8-6-7-9-19(18)23-20(24)13-26-17-11-14(2)10-15(3)12-17/h6-12,16H,5,13H2,1-4H3,(H,22,25)(H,23,24)/t16-/m0/s1. The third-order valence-corrected chi connectivity index (χ3v) is 4.00. The van der Waals surface area contributed by atoms with Gasteiger partial charge < -0.3 is 15.4 Å². The minimum Gasteiger partial charge on any atom is -0.484 e. The number of amides is 2. The molecule has 2 amide bonds. The van der Waals surface area contributed by atoms with Crippen LogP contribution < -0.4 is 15.4 Å². The smallest absolute Gasteiger partial charge is 0.262 e. The molecule has 0 bridgehead atoms. The van der Waals surface area contributed by atoms with Crippen molar-refractivity contribution in [2.45, 2.75) is 40.2 Å². The highest BCUT2D eigenvalue weighted by atomic mass is 16.5. The van der Waals surface area contributed by atoms with Crippen LogP contribution >= 0.6 is 0 Å². The lowest BCUT2D eigenvalue weighted by atomic mass is 10.1. The Bertz CT molecular complexity index is 766. The zero-order valence-corrected chi connectivity index (χ0v) is 15.8. The van der Waals surface area contributed by atoms with E-state index in [1.54, 1.807) is 24.3 Å². The predicted octanol–water partition coefficient (Wildman–Crippen LogP) is 3.85. The van der Waals surface area contributed by atoms with E-state index < -0.39 is 0 Å². The first-order valence-electron chi connectivity index (χ1n) is 8.80. The van der Waals surface area contributed by atoms with Crippen molar-refractivity contribution in [1.82, 2.24) is 5.32 Å². The number of carbonyl (C=O) groups excluding carboxylic acids is 2. The first-order valence-corrected chi connectivity index (χ1v) is 8.80. The Morgan fingerprint density at radius 3 is 2.38 bits per heavy atom. The molecule has 2 N–H and O–H groups in total. The molecule has 5 heteroatoms.